The normalized spacial score (nSPS) is 49.0. The van der Waals surface area contributed by atoms with Gasteiger partial charge in [0, 0.05) is 36.1 Å². The Kier molecular flexibility index (Phi) is 7.39. The van der Waals surface area contributed by atoms with Crippen LogP contribution in [0.4, 0.5) is 0 Å². The molecule has 0 aromatic heterocycles. The number of hydrogen-bond acceptors (Lipinski definition) is 5. The van der Waals surface area contributed by atoms with E-state index in [1.807, 2.05) is 0 Å². The molecular formula is C34H54N4O3. The van der Waals surface area contributed by atoms with Gasteiger partial charge >= 0.3 is 0 Å². The molecule has 8 aliphatic rings. The van der Waals surface area contributed by atoms with Crippen LogP contribution in [0.15, 0.2) is 0 Å². The number of hydrogen-bond donors (Lipinski definition) is 2. The van der Waals surface area contributed by atoms with Crippen LogP contribution in [0, 0.1) is 35.5 Å². The van der Waals surface area contributed by atoms with Crippen LogP contribution in [0.25, 0.3) is 0 Å². The maximum absolute atomic E-state index is 13.8. The van der Waals surface area contributed by atoms with E-state index in [0.717, 1.165) is 69.0 Å². The predicted molar refractivity (Wildman–Crippen MR) is 158 cm³/mol. The molecule has 0 radical (unpaired) electrons. The average Bonchev–Trinajstić information content (AvgIpc) is 3.51. The molecule has 0 bridgehead atoms. The lowest BCUT2D eigenvalue weighted by Gasteiger charge is -2.52. The van der Waals surface area contributed by atoms with Crippen molar-refractivity contribution in [3.63, 3.8) is 0 Å². The lowest BCUT2D eigenvalue weighted by Crippen LogP contribution is -2.66. The third kappa shape index (κ3) is 4.53. The van der Waals surface area contributed by atoms with Gasteiger partial charge in [-0.1, -0.05) is 32.6 Å². The van der Waals surface area contributed by atoms with Crippen molar-refractivity contribution in [2.45, 2.75) is 146 Å². The molecule has 8 fully saturated rings. The van der Waals surface area contributed by atoms with Gasteiger partial charge in [0.25, 0.3) is 0 Å². The van der Waals surface area contributed by atoms with Gasteiger partial charge in [0.05, 0.1) is 12.1 Å². The number of carbonyl (C=O) groups excluding carboxylic acids is 2. The molecule has 4 saturated heterocycles. The second kappa shape index (κ2) is 11.1. The van der Waals surface area contributed by atoms with E-state index in [1.54, 1.807) is 0 Å². The van der Waals surface area contributed by atoms with Crippen molar-refractivity contribution in [3.05, 3.63) is 0 Å². The summed E-state index contributed by atoms with van der Waals surface area (Å²) >= 11 is 0. The van der Waals surface area contributed by atoms with Crippen LogP contribution < -0.4 is 10.6 Å². The largest absolute Gasteiger partial charge is 0.368 e. The Hall–Kier alpha value is -1.18. The minimum atomic E-state index is 0.0890. The van der Waals surface area contributed by atoms with Gasteiger partial charge in [0.2, 0.25) is 11.8 Å². The first-order chi connectivity index (χ1) is 20.1. The summed E-state index contributed by atoms with van der Waals surface area (Å²) in [5.74, 6) is 4.11. The maximum atomic E-state index is 13.8. The number of ether oxygens (including phenoxy) is 1. The zero-order valence-electron chi connectivity index (χ0n) is 25.4. The van der Waals surface area contributed by atoms with Crippen LogP contribution in [0.3, 0.4) is 0 Å². The van der Waals surface area contributed by atoms with Gasteiger partial charge in [0.1, 0.15) is 6.61 Å². The van der Waals surface area contributed by atoms with Crippen molar-refractivity contribution < 1.29 is 14.3 Å². The molecule has 2 N–H and O–H groups in total. The maximum Gasteiger partial charge on any atom is 0.246 e. The number of likely N-dealkylation sites (tertiary alicyclic amines) is 1. The Bertz CT molecular complexity index is 1000. The van der Waals surface area contributed by atoms with Gasteiger partial charge in [-0.15, -0.1) is 0 Å². The lowest BCUT2D eigenvalue weighted by atomic mass is 9.66. The van der Waals surface area contributed by atoms with Crippen LogP contribution in [0.2, 0.25) is 0 Å². The molecule has 0 aromatic rings. The van der Waals surface area contributed by atoms with E-state index in [4.69, 9.17) is 4.74 Å². The molecule has 4 aliphatic heterocycles. The van der Waals surface area contributed by atoms with Gasteiger partial charge in [0.15, 0.2) is 0 Å². The number of nitrogens with one attached hydrogen (secondary N) is 2. The van der Waals surface area contributed by atoms with Crippen molar-refractivity contribution in [2.75, 3.05) is 19.7 Å². The van der Waals surface area contributed by atoms with E-state index in [-0.39, 0.29) is 24.5 Å². The van der Waals surface area contributed by atoms with Crippen molar-refractivity contribution in [1.29, 1.82) is 0 Å². The molecule has 228 valence electrons. The molecule has 7 heteroatoms. The van der Waals surface area contributed by atoms with E-state index in [9.17, 15) is 9.59 Å². The Balaban J connectivity index is 0.868. The smallest absolute Gasteiger partial charge is 0.246 e. The number of carbonyl (C=O) groups is 2. The van der Waals surface area contributed by atoms with Crippen molar-refractivity contribution in [3.8, 4) is 0 Å². The number of nitrogens with zero attached hydrogens (tertiary/aromatic N) is 2. The first-order valence-corrected chi connectivity index (χ1v) is 17.8. The van der Waals surface area contributed by atoms with Gasteiger partial charge in [-0.25, -0.2) is 0 Å². The van der Waals surface area contributed by atoms with Gasteiger partial charge in [-0.2, -0.15) is 0 Å². The summed E-state index contributed by atoms with van der Waals surface area (Å²) in [6.07, 6.45) is 18.3. The van der Waals surface area contributed by atoms with Crippen LogP contribution in [-0.4, -0.2) is 83.7 Å². The van der Waals surface area contributed by atoms with Crippen LogP contribution in [0.5, 0.6) is 0 Å². The minimum absolute atomic E-state index is 0.0890. The number of fused-ring (bicyclic) bond motifs is 8. The van der Waals surface area contributed by atoms with E-state index < -0.39 is 0 Å². The fraction of sp³-hybridized carbons (Fsp3) is 0.941. The molecule has 2 amide bonds. The fourth-order valence-corrected chi connectivity index (χ4v) is 12.4. The van der Waals surface area contributed by atoms with Crippen LogP contribution in [-0.2, 0) is 14.3 Å². The third-order valence-corrected chi connectivity index (χ3v) is 13.8. The second-order valence-electron chi connectivity index (χ2n) is 15.4. The number of piperidine rings is 2. The second-order valence-corrected chi connectivity index (χ2v) is 15.4. The van der Waals surface area contributed by atoms with Gasteiger partial charge in [-0.3, -0.25) is 14.5 Å². The lowest BCUT2D eigenvalue weighted by molar-refractivity contribution is -0.152. The highest BCUT2D eigenvalue weighted by Gasteiger charge is 2.62. The third-order valence-electron chi connectivity index (χ3n) is 13.8. The summed E-state index contributed by atoms with van der Waals surface area (Å²) in [6, 6.07) is 3.13. The molecule has 41 heavy (non-hydrogen) atoms. The first-order valence-electron chi connectivity index (χ1n) is 17.8. The Labute approximate surface area is 247 Å². The molecule has 7 nitrogen and oxygen atoms in total. The van der Waals surface area contributed by atoms with Crippen molar-refractivity contribution in [2.24, 2.45) is 35.5 Å². The average molecular weight is 567 g/mol. The van der Waals surface area contributed by atoms with E-state index >= 15 is 0 Å². The summed E-state index contributed by atoms with van der Waals surface area (Å²) in [7, 11) is 0. The molecule has 4 heterocycles. The standard InChI is InChI=1S/C34H54N4O3/c1-2-37-28-10-6-5-7-22(28)26-17-20(11-13-29(26)37)36-31(39)19-41-21-12-14-30-27(18-21)24-15-16-35-32-23-8-3-4-9-25(23)34(40)38(30)33(24)32/h20-30,32-33,35H,2-19H2,1H3,(H,36,39). The Morgan fingerprint density at radius 1 is 0.829 bits per heavy atom. The SMILES string of the molecule is CCN1C2CCCCC2C2CC(NC(=O)COC3CCC4C(C3)C3CCNC5C6CCCCC6C(=O)N4C35)CCC21. The molecule has 13 atom stereocenters. The fourth-order valence-electron chi connectivity index (χ4n) is 12.4. The highest BCUT2D eigenvalue weighted by atomic mass is 16.5. The van der Waals surface area contributed by atoms with E-state index in [1.165, 1.54) is 64.3 Å². The Morgan fingerprint density at radius 3 is 2.46 bits per heavy atom. The summed E-state index contributed by atoms with van der Waals surface area (Å²) < 4.78 is 6.37. The van der Waals surface area contributed by atoms with Crippen LogP contribution >= 0.6 is 0 Å². The summed E-state index contributed by atoms with van der Waals surface area (Å²) in [4.78, 5) is 32.2. The zero-order chi connectivity index (χ0) is 27.7. The van der Waals surface area contributed by atoms with Crippen molar-refractivity contribution >= 4 is 11.8 Å². The summed E-state index contributed by atoms with van der Waals surface area (Å²) in [5, 5.41) is 7.31. The molecule has 13 unspecified atom stereocenters. The quantitative estimate of drug-likeness (QED) is 0.524. The molecule has 0 aromatic carbocycles. The topological polar surface area (TPSA) is 73.9 Å². The highest BCUT2D eigenvalue weighted by molar-refractivity contribution is 5.82. The number of amides is 2. The molecule has 4 aliphatic carbocycles. The van der Waals surface area contributed by atoms with Crippen molar-refractivity contribution in [1.82, 2.24) is 20.4 Å². The molecule has 8 rings (SSSR count). The monoisotopic (exact) mass is 566 g/mol. The van der Waals surface area contributed by atoms with Gasteiger partial charge in [-0.05, 0) is 113 Å². The summed E-state index contributed by atoms with van der Waals surface area (Å²) in [5.41, 5.74) is 0. The summed E-state index contributed by atoms with van der Waals surface area (Å²) in [6.45, 7) is 4.82. The molecule has 0 spiro atoms. The van der Waals surface area contributed by atoms with Gasteiger partial charge < -0.3 is 20.3 Å². The minimum Gasteiger partial charge on any atom is -0.368 e. The number of rotatable bonds is 5. The molecular weight excluding hydrogens is 512 g/mol. The van der Waals surface area contributed by atoms with E-state index in [2.05, 4.69) is 27.4 Å². The molecule has 4 saturated carbocycles. The highest BCUT2D eigenvalue weighted by Crippen LogP contribution is 2.54. The zero-order valence-corrected chi connectivity index (χ0v) is 25.4. The Morgan fingerprint density at radius 2 is 1.59 bits per heavy atom. The first kappa shape index (κ1) is 27.4. The van der Waals surface area contributed by atoms with Crippen LogP contribution in [0.1, 0.15) is 103 Å². The predicted octanol–water partition coefficient (Wildman–Crippen LogP) is 4.10. The van der Waals surface area contributed by atoms with E-state index in [0.29, 0.717) is 47.8 Å².